The summed E-state index contributed by atoms with van der Waals surface area (Å²) in [5.41, 5.74) is 1.00. The molecule has 0 spiro atoms. The summed E-state index contributed by atoms with van der Waals surface area (Å²) in [7, 11) is 0. The Morgan fingerprint density at radius 1 is 1.19 bits per heavy atom. The van der Waals surface area contributed by atoms with Crippen molar-refractivity contribution in [1.82, 2.24) is 0 Å². The van der Waals surface area contributed by atoms with Crippen LogP contribution >= 0.6 is 0 Å². The highest BCUT2D eigenvalue weighted by Gasteiger charge is 2.22. The highest BCUT2D eigenvalue weighted by atomic mass is 19.4. The van der Waals surface area contributed by atoms with Gasteiger partial charge in [-0.2, -0.15) is 13.2 Å². The second-order valence-electron chi connectivity index (χ2n) is 3.49. The third-order valence-electron chi connectivity index (χ3n) is 2.08. The Kier molecular flexibility index (Phi) is 4.55. The Morgan fingerprint density at radius 2 is 1.81 bits per heavy atom. The van der Waals surface area contributed by atoms with Gasteiger partial charge in [-0.25, -0.2) is 0 Å². The number of aliphatic hydroxyl groups is 1. The maximum atomic E-state index is 11.8. The van der Waals surface area contributed by atoms with Crippen LogP contribution in [-0.2, 0) is 6.42 Å². The number of aliphatic hydroxyl groups excluding tert-OH is 1. The lowest BCUT2D eigenvalue weighted by Crippen LogP contribution is -2.08. The molecule has 1 rings (SSSR count). The van der Waals surface area contributed by atoms with Crippen LogP contribution in [-0.4, -0.2) is 17.4 Å². The van der Waals surface area contributed by atoms with Gasteiger partial charge in [0.05, 0.1) is 6.10 Å². The zero-order valence-electron chi connectivity index (χ0n) is 8.61. The molecule has 1 aromatic carbocycles. The predicted octanol–water partition coefficient (Wildman–Crippen LogP) is 3.10. The number of rotatable bonds is 4. The van der Waals surface area contributed by atoms with E-state index >= 15 is 0 Å². The Morgan fingerprint density at radius 3 is 2.38 bits per heavy atom. The maximum Gasteiger partial charge on any atom is 0.409 e. The molecule has 0 aliphatic heterocycles. The van der Waals surface area contributed by atoms with Crippen LogP contribution in [0.5, 0.6) is 0 Å². The fourth-order valence-corrected chi connectivity index (χ4v) is 1.28. The molecule has 0 saturated carbocycles. The van der Waals surface area contributed by atoms with Crippen molar-refractivity contribution in [3.05, 3.63) is 48.0 Å². The molecule has 1 atom stereocenters. The van der Waals surface area contributed by atoms with Gasteiger partial charge in [-0.1, -0.05) is 36.4 Å². The molecule has 0 saturated heterocycles. The van der Waals surface area contributed by atoms with E-state index in [1.807, 2.05) is 30.3 Å². The van der Waals surface area contributed by atoms with Crippen molar-refractivity contribution >= 4 is 0 Å². The molecule has 0 aliphatic rings. The lowest BCUT2D eigenvalue weighted by molar-refractivity contribution is -0.0806. The van der Waals surface area contributed by atoms with Gasteiger partial charge < -0.3 is 5.11 Å². The summed E-state index contributed by atoms with van der Waals surface area (Å²) in [6.07, 6.45) is -3.71. The molecular weight excluding hydrogens is 217 g/mol. The highest BCUT2D eigenvalue weighted by molar-refractivity contribution is 5.15. The molecule has 1 nitrogen and oxygen atoms in total. The molecule has 88 valence electrons. The van der Waals surface area contributed by atoms with Gasteiger partial charge in [-0.3, -0.25) is 0 Å². The lowest BCUT2D eigenvalue weighted by atomic mass is 10.1. The molecule has 1 aromatic rings. The van der Waals surface area contributed by atoms with E-state index in [0.29, 0.717) is 6.42 Å². The van der Waals surface area contributed by atoms with Gasteiger partial charge in [-0.15, -0.1) is 0 Å². The molecule has 16 heavy (non-hydrogen) atoms. The molecule has 0 aliphatic carbocycles. The van der Waals surface area contributed by atoms with Gasteiger partial charge in [0.25, 0.3) is 0 Å². The first-order valence-electron chi connectivity index (χ1n) is 4.95. The number of allylic oxidation sites excluding steroid dienone is 1. The zero-order valence-corrected chi connectivity index (χ0v) is 8.61. The minimum atomic E-state index is -4.35. The van der Waals surface area contributed by atoms with E-state index < -0.39 is 12.3 Å². The van der Waals surface area contributed by atoms with E-state index in [9.17, 15) is 18.3 Å². The molecule has 0 unspecified atom stereocenters. The number of hydrogen-bond donors (Lipinski definition) is 1. The van der Waals surface area contributed by atoms with Crippen molar-refractivity contribution in [1.29, 1.82) is 0 Å². The maximum absolute atomic E-state index is 11.8. The highest BCUT2D eigenvalue weighted by Crippen LogP contribution is 2.17. The van der Waals surface area contributed by atoms with Crippen molar-refractivity contribution in [3.63, 3.8) is 0 Å². The van der Waals surface area contributed by atoms with Crippen LogP contribution in [0, 0.1) is 0 Å². The summed E-state index contributed by atoms with van der Waals surface area (Å²) in [6, 6.07) is 9.32. The fourth-order valence-electron chi connectivity index (χ4n) is 1.28. The molecule has 0 aromatic heterocycles. The first kappa shape index (κ1) is 12.8. The number of benzene rings is 1. The molecule has 0 heterocycles. The average molecular weight is 230 g/mol. The summed E-state index contributed by atoms with van der Waals surface area (Å²) in [4.78, 5) is 0. The summed E-state index contributed by atoms with van der Waals surface area (Å²) in [6.45, 7) is 0. The minimum Gasteiger partial charge on any atom is -0.389 e. The monoisotopic (exact) mass is 230 g/mol. The predicted molar refractivity (Wildman–Crippen MR) is 56.0 cm³/mol. The smallest absolute Gasteiger partial charge is 0.389 e. The van der Waals surface area contributed by atoms with Crippen molar-refractivity contribution < 1.29 is 18.3 Å². The van der Waals surface area contributed by atoms with E-state index in [1.165, 1.54) is 0 Å². The molecule has 4 heteroatoms. The van der Waals surface area contributed by atoms with Crippen molar-refractivity contribution in [2.75, 3.05) is 0 Å². The second-order valence-corrected chi connectivity index (χ2v) is 3.49. The van der Waals surface area contributed by atoms with Crippen LogP contribution in [0.25, 0.3) is 0 Å². The van der Waals surface area contributed by atoms with Gasteiger partial charge in [0.2, 0.25) is 0 Å². The topological polar surface area (TPSA) is 20.2 Å². The lowest BCUT2D eigenvalue weighted by Gasteiger charge is -2.06. The normalized spacial score (nSPS) is 14.2. The molecular formula is C12H13F3O. The van der Waals surface area contributed by atoms with Gasteiger partial charge >= 0.3 is 6.18 Å². The Labute approximate surface area is 92.2 Å². The van der Waals surface area contributed by atoms with Crippen LogP contribution in [0.3, 0.4) is 0 Å². The number of alkyl halides is 3. The van der Waals surface area contributed by atoms with Crippen molar-refractivity contribution in [3.8, 4) is 0 Å². The van der Waals surface area contributed by atoms with Crippen LogP contribution < -0.4 is 0 Å². The summed E-state index contributed by atoms with van der Waals surface area (Å²) in [5, 5.41) is 9.29. The van der Waals surface area contributed by atoms with Gasteiger partial charge in [0.1, 0.15) is 0 Å². The van der Waals surface area contributed by atoms with E-state index in [4.69, 9.17) is 0 Å². The van der Waals surface area contributed by atoms with E-state index in [1.54, 1.807) is 0 Å². The molecule has 0 radical (unpaired) electrons. The average Bonchev–Trinajstić information content (AvgIpc) is 2.24. The molecule has 0 amide bonds. The van der Waals surface area contributed by atoms with Crippen LogP contribution in [0.2, 0.25) is 0 Å². The minimum absolute atomic E-state index is 0.0721. The third kappa shape index (κ3) is 5.56. The fraction of sp³-hybridized carbons (Fsp3) is 0.333. The van der Waals surface area contributed by atoms with E-state index in [-0.39, 0.29) is 12.5 Å². The summed E-state index contributed by atoms with van der Waals surface area (Å²) in [5.74, 6) is 0. The third-order valence-corrected chi connectivity index (χ3v) is 2.08. The Hall–Kier alpha value is -1.29. The van der Waals surface area contributed by atoms with Crippen molar-refractivity contribution in [2.24, 2.45) is 0 Å². The molecule has 0 fully saturated rings. The Bertz CT molecular complexity index is 330. The Balaban J connectivity index is 2.36. The zero-order chi connectivity index (χ0) is 12.0. The van der Waals surface area contributed by atoms with Gasteiger partial charge in [0.15, 0.2) is 0 Å². The van der Waals surface area contributed by atoms with Gasteiger partial charge in [-0.05, 0) is 18.4 Å². The van der Waals surface area contributed by atoms with E-state index in [0.717, 1.165) is 11.6 Å². The SMILES string of the molecule is O[C@H](/C=C/C(F)(F)F)CCc1ccccc1. The largest absolute Gasteiger partial charge is 0.409 e. The van der Waals surface area contributed by atoms with Crippen LogP contribution in [0.15, 0.2) is 42.5 Å². The van der Waals surface area contributed by atoms with Gasteiger partial charge in [0, 0.05) is 6.08 Å². The van der Waals surface area contributed by atoms with E-state index in [2.05, 4.69) is 0 Å². The molecule has 0 bridgehead atoms. The quantitative estimate of drug-likeness (QED) is 0.788. The number of halogens is 3. The first-order valence-corrected chi connectivity index (χ1v) is 4.95. The van der Waals surface area contributed by atoms with Crippen molar-refractivity contribution in [2.45, 2.75) is 25.1 Å². The number of aryl methyl sites for hydroxylation is 1. The standard InChI is InChI=1S/C12H13F3O/c13-12(14,15)9-8-11(16)7-6-10-4-2-1-3-5-10/h1-5,8-9,11,16H,6-7H2/b9-8+/t11-/m0/s1. The summed E-state index contributed by atoms with van der Waals surface area (Å²) >= 11 is 0. The summed E-state index contributed by atoms with van der Waals surface area (Å²) < 4.78 is 35.3. The number of hydrogen-bond acceptors (Lipinski definition) is 1. The van der Waals surface area contributed by atoms with Crippen LogP contribution in [0.4, 0.5) is 13.2 Å². The van der Waals surface area contributed by atoms with Crippen LogP contribution in [0.1, 0.15) is 12.0 Å². The second kappa shape index (κ2) is 5.70. The first-order chi connectivity index (χ1) is 7.47. The molecule has 1 N–H and O–H groups in total.